The van der Waals surface area contributed by atoms with Gasteiger partial charge in [0.2, 0.25) is 5.91 Å². The van der Waals surface area contributed by atoms with Crippen molar-refractivity contribution in [3.8, 4) is 0 Å². The molecule has 0 spiro atoms. The van der Waals surface area contributed by atoms with E-state index in [0.29, 0.717) is 24.5 Å². The minimum Gasteiger partial charge on any atom is -0.468 e. The van der Waals surface area contributed by atoms with Gasteiger partial charge in [-0.25, -0.2) is 4.68 Å². The average molecular weight is 412 g/mol. The third-order valence-corrected chi connectivity index (χ3v) is 4.89. The quantitative estimate of drug-likeness (QED) is 0.533. The summed E-state index contributed by atoms with van der Waals surface area (Å²) in [6, 6.07) is 9.64. The van der Waals surface area contributed by atoms with Gasteiger partial charge < -0.3 is 10.1 Å². The zero-order valence-electron chi connectivity index (χ0n) is 13.2. The van der Waals surface area contributed by atoms with Crippen molar-refractivity contribution >= 4 is 45.4 Å². The van der Waals surface area contributed by atoms with E-state index in [4.69, 9.17) is 0 Å². The second-order valence-electron chi connectivity index (χ2n) is 4.89. The van der Waals surface area contributed by atoms with Crippen LogP contribution in [0.15, 0.2) is 41.0 Å². The second kappa shape index (κ2) is 9.48. The van der Waals surface area contributed by atoms with Gasteiger partial charge in [0.15, 0.2) is 0 Å². The molecule has 0 saturated carbocycles. The number of thioether (sulfide) groups is 1. The van der Waals surface area contributed by atoms with Gasteiger partial charge in [-0.1, -0.05) is 34.1 Å². The lowest BCUT2D eigenvalue weighted by Crippen LogP contribution is -2.17. The highest BCUT2D eigenvalue weighted by molar-refractivity contribution is 9.10. The number of ether oxygens (including phenoxy) is 1. The molecule has 1 N–H and O–H groups in total. The van der Waals surface area contributed by atoms with Gasteiger partial charge in [-0.15, -0.1) is 11.8 Å². The highest BCUT2D eigenvalue weighted by Gasteiger charge is 2.09. The van der Waals surface area contributed by atoms with Crippen LogP contribution in [0.4, 0.5) is 5.82 Å². The van der Waals surface area contributed by atoms with Crippen LogP contribution in [0.3, 0.4) is 0 Å². The normalized spacial score (nSPS) is 10.4. The Kier molecular flexibility index (Phi) is 7.33. The van der Waals surface area contributed by atoms with E-state index in [-0.39, 0.29) is 17.6 Å². The number of nitrogens with one attached hydrogen (secondary N) is 1. The Morgan fingerprint density at radius 2 is 2.12 bits per heavy atom. The van der Waals surface area contributed by atoms with Crippen molar-refractivity contribution in [1.82, 2.24) is 9.78 Å². The Labute approximate surface area is 153 Å². The van der Waals surface area contributed by atoms with Crippen molar-refractivity contribution in [2.24, 2.45) is 0 Å². The molecule has 24 heavy (non-hydrogen) atoms. The van der Waals surface area contributed by atoms with Crippen LogP contribution in [0.2, 0.25) is 0 Å². The van der Waals surface area contributed by atoms with Crippen LogP contribution in [0.5, 0.6) is 0 Å². The number of carbonyl (C=O) groups excluding carboxylic acids is 2. The number of hydrogen-bond acceptors (Lipinski definition) is 5. The number of benzene rings is 1. The van der Waals surface area contributed by atoms with Crippen LogP contribution in [0.1, 0.15) is 12.0 Å². The molecule has 0 aliphatic heterocycles. The monoisotopic (exact) mass is 411 g/mol. The number of rotatable bonds is 8. The van der Waals surface area contributed by atoms with Crippen molar-refractivity contribution in [3.05, 3.63) is 46.6 Å². The molecule has 0 bridgehead atoms. The fraction of sp³-hybridized carbons (Fsp3) is 0.312. The van der Waals surface area contributed by atoms with Gasteiger partial charge in [-0.3, -0.25) is 9.59 Å². The molecule has 6 nitrogen and oxygen atoms in total. The summed E-state index contributed by atoms with van der Waals surface area (Å²) >= 11 is 4.88. The Balaban J connectivity index is 1.85. The van der Waals surface area contributed by atoms with E-state index in [1.807, 2.05) is 24.3 Å². The summed E-state index contributed by atoms with van der Waals surface area (Å²) in [7, 11) is 1.35. The zero-order chi connectivity index (χ0) is 17.4. The molecular formula is C16H18BrN3O3S. The topological polar surface area (TPSA) is 73.2 Å². The van der Waals surface area contributed by atoms with Gasteiger partial charge in [0.25, 0.3) is 0 Å². The predicted octanol–water partition coefficient (Wildman–Crippen LogP) is 2.93. The highest BCUT2D eigenvalue weighted by atomic mass is 79.9. The fourth-order valence-corrected chi connectivity index (χ4v) is 3.11. The molecule has 0 radical (unpaired) electrons. The summed E-state index contributed by atoms with van der Waals surface area (Å²) in [4.78, 5) is 23.0. The Bertz CT molecular complexity index is 705. The van der Waals surface area contributed by atoms with Crippen molar-refractivity contribution in [2.45, 2.75) is 13.0 Å². The summed E-state index contributed by atoms with van der Waals surface area (Å²) in [5.74, 6) is 1.06. The van der Waals surface area contributed by atoms with Crippen LogP contribution in [-0.2, 0) is 20.9 Å². The van der Waals surface area contributed by atoms with E-state index in [0.717, 1.165) is 10.0 Å². The summed E-state index contributed by atoms with van der Waals surface area (Å²) in [5, 5.41) is 7.10. The Morgan fingerprint density at radius 3 is 2.88 bits per heavy atom. The van der Waals surface area contributed by atoms with Crippen LogP contribution >= 0.6 is 27.7 Å². The van der Waals surface area contributed by atoms with Crippen LogP contribution < -0.4 is 5.32 Å². The van der Waals surface area contributed by atoms with E-state index in [1.54, 1.807) is 16.9 Å². The number of amides is 1. The van der Waals surface area contributed by atoms with E-state index in [1.165, 1.54) is 18.9 Å². The molecule has 2 aromatic rings. The van der Waals surface area contributed by atoms with Gasteiger partial charge in [-0.05, 0) is 11.6 Å². The standard InChI is InChI=1S/C16H18BrN3O3S/c1-23-16(22)11-24-9-7-15(21)19-14-6-8-18-20(14)10-12-4-2-3-5-13(12)17/h2-6,8H,7,9-11H2,1H3,(H,19,21). The van der Waals surface area contributed by atoms with Gasteiger partial charge in [0.1, 0.15) is 5.82 Å². The molecule has 1 heterocycles. The van der Waals surface area contributed by atoms with Gasteiger partial charge in [0, 0.05) is 22.7 Å². The summed E-state index contributed by atoms with van der Waals surface area (Å²) < 4.78 is 7.28. The lowest BCUT2D eigenvalue weighted by molar-refractivity contribution is -0.137. The number of nitrogens with zero attached hydrogens (tertiary/aromatic N) is 2. The number of esters is 1. The summed E-state index contributed by atoms with van der Waals surface area (Å²) in [6.45, 7) is 0.557. The third kappa shape index (κ3) is 5.68. The van der Waals surface area contributed by atoms with E-state index >= 15 is 0 Å². The van der Waals surface area contributed by atoms with Crippen LogP contribution in [-0.4, -0.2) is 40.3 Å². The minimum atomic E-state index is -0.285. The first kappa shape index (κ1) is 18.5. The number of carbonyl (C=O) groups is 2. The largest absolute Gasteiger partial charge is 0.468 e. The first-order chi connectivity index (χ1) is 11.6. The Morgan fingerprint density at radius 1 is 1.33 bits per heavy atom. The summed E-state index contributed by atoms with van der Waals surface area (Å²) in [6.07, 6.45) is 1.97. The zero-order valence-corrected chi connectivity index (χ0v) is 15.6. The van der Waals surface area contributed by atoms with Crippen LogP contribution in [0.25, 0.3) is 0 Å². The number of hydrogen-bond donors (Lipinski definition) is 1. The van der Waals surface area contributed by atoms with Gasteiger partial charge >= 0.3 is 5.97 Å². The second-order valence-corrected chi connectivity index (χ2v) is 6.85. The highest BCUT2D eigenvalue weighted by Crippen LogP contribution is 2.19. The molecule has 8 heteroatoms. The fourth-order valence-electron chi connectivity index (χ4n) is 1.94. The van der Waals surface area contributed by atoms with Crippen molar-refractivity contribution < 1.29 is 14.3 Å². The van der Waals surface area contributed by atoms with Crippen molar-refractivity contribution in [3.63, 3.8) is 0 Å². The molecule has 0 saturated heterocycles. The lowest BCUT2D eigenvalue weighted by Gasteiger charge is -2.10. The number of halogens is 1. The van der Waals surface area contributed by atoms with E-state index in [2.05, 4.69) is 31.1 Å². The molecule has 0 unspecified atom stereocenters. The van der Waals surface area contributed by atoms with E-state index < -0.39 is 0 Å². The SMILES string of the molecule is COC(=O)CSCCC(=O)Nc1ccnn1Cc1ccccc1Br. The smallest absolute Gasteiger partial charge is 0.315 e. The summed E-state index contributed by atoms with van der Waals surface area (Å²) in [5.41, 5.74) is 1.07. The third-order valence-electron chi connectivity index (χ3n) is 3.18. The first-order valence-electron chi connectivity index (χ1n) is 7.30. The molecule has 1 aromatic carbocycles. The molecule has 2 rings (SSSR count). The van der Waals surface area contributed by atoms with Crippen LogP contribution in [0, 0.1) is 0 Å². The molecule has 1 amide bonds. The number of aromatic nitrogens is 2. The maximum atomic E-state index is 12.0. The molecular weight excluding hydrogens is 394 g/mol. The maximum Gasteiger partial charge on any atom is 0.315 e. The lowest BCUT2D eigenvalue weighted by atomic mass is 10.2. The predicted molar refractivity (Wildman–Crippen MR) is 98.1 cm³/mol. The number of anilines is 1. The molecule has 1 aromatic heterocycles. The molecule has 0 aliphatic rings. The first-order valence-corrected chi connectivity index (χ1v) is 9.24. The molecule has 0 atom stereocenters. The minimum absolute atomic E-state index is 0.110. The van der Waals surface area contributed by atoms with E-state index in [9.17, 15) is 9.59 Å². The molecule has 128 valence electrons. The Hall–Kier alpha value is -1.80. The number of methoxy groups -OCH3 is 1. The van der Waals surface area contributed by atoms with Crippen molar-refractivity contribution in [2.75, 3.05) is 23.9 Å². The maximum absolute atomic E-state index is 12.0. The van der Waals surface area contributed by atoms with Gasteiger partial charge in [-0.2, -0.15) is 5.10 Å². The molecule has 0 fully saturated rings. The average Bonchev–Trinajstić information content (AvgIpc) is 3.00. The van der Waals surface area contributed by atoms with Crippen molar-refractivity contribution in [1.29, 1.82) is 0 Å². The van der Waals surface area contributed by atoms with Gasteiger partial charge in [0.05, 0.1) is 25.6 Å². The molecule has 0 aliphatic carbocycles.